The van der Waals surface area contributed by atoms with Crippen LogP contribution in [0.4, 0.5) is 20.6 Å². The molecule has 156 valence electrons. The summed E-state index contributed by atoms with van der Waals surface area (Å²) in [7, 11) is 0. The molecular formula is C23H24FN3O3. The van der Waals surface area contributed by atoms with E-state index in [9.17, 15) is 19.1 Å². The molecule has 3 amide bonds. The van der Waals surface area contributed by atoms with Gasteiger partial charge in [0, 0.05) is 29.8 Å². The van der Waals surface area contributed by atoms with E-state index in [2.05, 4.69) is 5.32 Å². The Morgan fingerprint density at radius 3 is 2.63 bits per heavy atom. The van der Waals surface area contributed by atoms with Crippen molar-refractivity contribution in [2.24, 2.45) is 5.92 Å². The molecule has 7 heteroatoms. The number of nitrogens with zero attached hydrogens (tertiary/aromatic N) is 2. The quantitative estimate of drug-likeness (QED) is 0.817. The van der Waals surface area contributed by atoms with Gasteiger partial charge in [0.25, 0.3) is 0 Å². The number of rotatable bonds is 3. The largest absolute Gasteiger partial charge is 0.394 e. The van der Waals surface area contributed by atoms with Gasteiger partial charge in [-0.05, 0) is 42.7 Å². The topological polar surface area (TPSA) is 72.9 Å². The summed E-state index contributed by atoms with van der Waals surface area (Å²) in [5.74, 6) is -0.297. The summed E-state index contributed by atoms with van der Waals surface area (Å²) >= 11 is 0. The second-order valence-electron chi connectivity index (χ2n) is 8.33. The van der Waals surface area contributed by atoms with Crippen LogP contribution in [0.15, 0.2) is 48.5 Å². The van der Waals surface area contributed by atoms with Gasteiger partial charge in [0.1, 0.15) is 5.82 Å². The molecule has 5 rings (SSSR count). The molecule has 2 aromatic carbocycles. The number of carbonyl (C=O) groups excluding carboxylic acids is 2. The van der Waals surface area contributed by atoms with Gasteiger partial charge < -0.3 is 20.2 Å². The molecule has 2 fully saturated rings. The van der Waals surface area contributed by atoms with Crippen LogP contribution in [0.5, 0.6) is 0 Å². The standard InChI is InChI=1S/C23H24FN3O3/c24-15-7-4-8-16(11-15)25-23(30)27-19-12-26(22(29)14-5-3-6-14)18-10-2-1-9-17(18)21(19)20(27)13-28/h1-2,4,7-11,14,19-21,28H,3,5-6,12-13H2,(H,25,30)/t19-,20-,21+/m1/s1. The fraction of sp³-hybridized carbons (Fsp3) is 0.391. The van der Waals surface area contributed by atoms with Crippen molar-refractivity contribution in [2.75, 3.05) is 23.4 Å². The molecule has 2 aromatic rings. The van der Waals surface area contributed by atoms with Crippen LogP contribution >= 0.6 is 0 Å². The highest BCUT2D eigenvalue weighted by Gasteiger charge is 2.55. The van der Waals surface area contributed by atoms with Crippen LogP contribution in [0.2, 0.25) is 0 Å². The molecule has 0 bridgehead atoms. The lowest BCUT2D eigenvalue weighted by Gasteiger charge is -2.58. The first-order valence-corrected chi connectivity index (χ1v) is 10.4. The van der Waals surface area contributed by atoms with E-state index in [4.69, 9.17) is 0 Å². The highest BCUT2D eigenvalue weighted by molar-refractivity contribution is 5.98. The number of likely N-dealkylation sites (tertiary alicyclic amines) is 1. The van der Waals surface area contributed by atoms with Crippen molar-refractivity contribution in [3.63, 3.8) is 0 Å². The number of benzene rings is 2. The highest BCUT2D eigenvalue weighted by atomic mass is 19.1. The van der Waals surface area contributed by atoms with E-state index in [1.165, 1.54) is 18.2 Å². The number of fused-ring (bicyclic) bond motifs is 3. The number of hydrogen-bond donors (Lipinski definition) is 2. The number of aliphatic hydroxyl groups is 1. The van der Waals surface area contributed by atoms with E-state index in [0.29, 0.717) is 12.2 Å². The molecule has 6 nitrogen and oxygen atoms in total. The predicted octanol–water partition coefficient (Wildman–Crippen LogP) is 3.33. The number of nitrogens with one attached hydrogen (secondary N) is 1. The van der Waals surface area contributed by atoms with Crippen LogP contribution in [0.1, 0.15) is 30.7 Å². The van der Waals surface area contributed by atoms with Crippen LogP contribution < -0.4 is 10.2 Å². The molecule has 2 N–H and O–H groups in total. The number of aliphatic hydroxyl groups excluding tert-OH is 1. The Hall–Kier alpha value is -2.93. The van der Waals surface area contributed by atoms with Crippen LogP contribution in [0, 0.1) is 11.7 Å². The van der Waals surface area contributed by atoms with Crippen LogP contribution in [0.3, 0.4) is 0 Å². The van der Waals surface area contributed by atoms with E-state index < -0.39 is 11.8 Å². The smallest absolute Gasteiger partial charge is 0.322 e. The van der Waals surface area contributed by atoms with Crippen molar-refractivity contribution >= 4 is 23.3 Å². The van der Waals surface area contributed by atoms with Gasteiger partial charge in [0.2, 0.25) is 5.91 Å². The van der Waals surface area contributed by atoms with Gasteiger partial charge >= 0.3 is 6.03 Å². The van der Waals surface area contributed by atoms with Gasteiger partial charge in [-0.1, -0.05) is 30.7 Å². The zero-order valence-corrected chi connectivity index (χ0v) is 16.5. The van der Waals surface area contributed by atoms with Crippen molar-refractivity contribution in [1.29, 1.82) is 0 Å². The SMILES string of the molecule is O=C(C1CCC1)N1C[C@@H]2[C@H](c3ccccc31)[C@@H](CO)N2C(=O)Nc1cccc(F)c1. The Kier molecular flexibility index (Phi) is 4.70. The molecule has 30 heavy (non-hydrogen) atoms. The van der Waals surface area contributed by atoms with E-state index >= 15 is 0 Å². The predicted molar refractivity (Wildman–Crippen MR) is 111 cm³/mol. The maximum Gasteiger partial charge on any atom is 0.322 e. The molecule has 2 heterocycles. The van der Waals surface area contributed by atoms with Gasteiger partial charge in [0.15, 0.2) is 0 Å². The average molecular weight is 409 g/mol. The summed E-state index contributed by atoms with van der Waals surface area (Å²) in [4.78, 5) is 29.5. The fourth-order valence-electron chi connectivity index (χ4n) is 5.00. The maximum atomic E-state index is 13.5. The van der Waals surface area contributed by atoms with Crippen molar-refractivity contribution < 1.29 is 19.1 Å². The third kappa shape index (κ3) is 2.96. The Labute approximate surface area is 174 Å². The lowest BCUT2D eigenvalue weighted by molar-refractivity contribution is -0.125. The van der Waals surface area contributed by atoms with Crippen LogP contribution in [-0.2, 0) is 4.79 Å². The molecule has 0 spiro atoms. The van der Waals surface area contributed by atoms with E-state index in [0.717, 1.165) is 30.5 Å². The van der Waals surface area contributed by atoms with Crippen LogP contribution in [-0.4, -0.2) is 47.2 Å². The lowest BCUT2D eigenvalue weighted by Crippen LogP contribution is -2.71. The Morgan fingerprint density at radius 1 is 1.13 bits per heavy atom. The number of urea groups is 1. The van der Waals surface area contributed by atoms with E-state index in [-0.39, 0.29) is 36.4 Å². The van der Waals surface area contributed by atoms with E-state index in [1.54, 1.807) is 11.0 Å². The molecule has 3 atom stereocenters. The first-order valence-electron chi connectivity index (χ1n) is 10.4. The summed E-state index contributed by atoms with van der Waals surface area (Å²) in [6.07, 6.45) is 2.90. The second kappa shape index (κ2) is 7.40. The van der Waals surface area contributed by atoms with Gasteiger partial charge in [-0.2, -0.15) is 0 Å². The molecule has 3 aliphatic rings. The zero-order valence-electron chi connectivity index (χ0n) is 16.5. The van der Waals surface area contributed by atoms with Crippen molar-refractivity contribution in [3.05, 3.63) is 59.9 Å². The number of hydrogen-bond acceptors (Lipinski definition) is 3. The fourth-order valence-corrected chi connectivity index (χ4v) is 5.00. The number of carbonyl (C=O) groups is 2. The number of halogens is 1. The maximum absolute atomic E-state index is 13.5. The van der Waals surface area contributed by atoms with Gasteiger partial charge in [-0.15, -0.1) is 0 Å². The Morgan fingerprint density at radius 2 is 1.93 bits per heavy atom. The monoisotopic (exact) mass is 409 g/mol. The highest BCUT2D eigenvalue weighted by Crippen LogP contribution is 2.49. The molecule has 0 aromatic heterocycles. The first kappa shape index (κ1) is 19.1. The van der Waals surface area contributed by atoms with Crippen molar-refractivity contribution in [2.45, 2.75) is 37.3 Å². The summed E-state index contributed by atoms with van der Waals surface area (Å²) < 4.78 is 13.5. The minimum Gasteiger partial charge on any atom is -0.394 e. The molecule has 1 saturated heterocycles. The number of amides is 3. The molecule has 1 aliphatic carbocycles. The molecule has 1 saturated carbocycles. The van der Waals surface area contributed by atoms with Crippen molar-refractivity contribution in [3.8, 4) is 0 Å². The second-order valence-corrected chi connectivity index (χ2v) is 8.33. The van der Waals surface area contributed by atoms with Gasteiger partial charge in [0.05, 0.1) is 18.7 Å². The van der Waals surface area contributed by atoms with Crippen molar-refractivity contribution in [1.82, 2.24) is 4.90 Å². The summed E-state index contributed by atoms with van der Waals surface area (Å²) in [5, 5.41) is 12.8. The first-order chi connectivity index (χ1) is 14.6. The minimum atomic E-state index is -0.433. The zero-order chi connectivity index (χ0) is 20.8. The number of para-hydroxylation sites is 1. The molecule has 0 unspecified atom stereocenters. The van der Waals surface area contributed by atoms with Gasteiger partial charge in [-0.3, -0.25) is 4.79 Å². The van der Waals surface area contributed by atoms with Crippen LogP contribution in [0.25, 0.3) is 0 Å². The van der Waals surface area contributed by atoms with Gasteiger partial charge in [-0.25, -0.2) is 9.18 Å². The summed E-state index contributed by atoms with van der Waals surface area (Å²) in [6, 6.07) is 12.5. The minimum absolute atomic E-state index is 0.0325. The number of anilines is 2. The molecule has 2 aliphatic heterocycles. The van der Waals surface area contributed by atoms with E-state index in [1.807, 2.05) is 29.2 Å². The Balaban J connectivity index is 1.44. The summed E-state index contributed by atoms with van der Waals surface area (Å²) in [6.45, 7) is 0.229. The third-order valence-corrected chi connectivity index (χ3v) is 6.72. The average Bonchev–Trinajstić information content (AvgIpc) is 2.67. The normalized spacial score (nSPS) is 24.9. The molecular weight excluding hydrogens is 385 g/mol. The molecule has 0 radical (unpaired) electrons. The third-order valence-electron chi connectivity index (χ3n) is 6.72. The lowest BCUT2D eigenvalue weighted by atomic mass is 9.71. The Bertz CT molecular complexity index is 993. The summed E-state index contributed by atoms with van der Waals surface area (Å²) in [5.41, 5.74) is 2.24.